The second-order valence-electron chi connectivity index (χ2n) is 3.93. The smallest absolute Gasteiger partial charge is 0.151 e. The van der Waals surface area contributed by atoms with E-state index in [9.17, 15) is 4.39 Å². The van der Waals surface area contributed by atoms with Crippen LogP contribution >= 0.6 is 0 Å². The number of nitrogens with zero attached hydrogens (tertiary/aromatic N) is 4. The standard InChI is InChI=1S/C11H11FN6/c12-8-2-1-3-9-11(8)15-10(14-9)6-18-5-7(4-13)16-17-18/h1-3,5H,4,6,13H2,(H,14,15). The summed E-state index contributed by atoms with van der Waals surface area (Å²) in [7, 11) is 0. The lowest BCUT2D eigenvalue weighted by Crippen LogP contribution is -2.02. The van der Waals surface area contributed by atoms with Crippen molar-refractivity contribution < 1.29 is 4.39 Å². The molecule has 3 N–H and O–H groups in total. The molecule has 92 valence electrons. The van der Waals surface area contributed by atoms with Gasteiger partial charge in [0.2, 0.25) is 0 Å². The zero-order chi connectivity index (χ0) is 12.5. The van der Waals surface area contributed by atoms with Crippen LogP contribution < -0.4 is 5.73 Å². The van der Waals surface area contributed by atoms with Gasteiger partial charge in [-0.15, -0.1) is 5.10 Å². The summed E-state index contributed by atoms with van der Waals surface area (Å²) >= 11 is 0. The number of fused-ring (bicyclic) bond motifs is 1. The Morgan fingerprint density at radius 1 is 1.39 bits per heavy atom. The van der Waals surface area contributed by atoms with Crippen LogP contribution in [0.4, 0.5) is 4.39 Å². The minimum Gasteiger partial charge on any atom is -0.340 e. The molecule has 0 aliphatic heterocycles. The Morgan fingerprint density at radius 2 is 2.28 bits per heavy atom. The number of benzene rings is 1. The van der Waals surface area contributed by atoms with Crippen LogP contribution in [0.25, 0.3) is 11.0 Å². The van der Waals surface area contributed by atoms with Crippen molar-refractivity contribution in [3.63, 3.8) is 0 Å². The van der Waals surface area contributed by atoms with E-state index in [4.69, 9.17) is 5.73 Å². The van der Waals surface area contributed by atoms with Gasteiger partial charge in [0.05, 0.1) is 17.4 Å². The first kappa shape index (κ1) is 10.8. The van der Waals surface area contributed by atoms with E-state index in [-0.39, 0.29) is 5.82 Å². The van der Waals surface area contributed by atoms with Gasteiger partial charge in [-0.1, -0.05) is 11.3 Å². The fraction of sp³-hybridized carbons (Fsp3) is 0.182. The third kappa shape index (κ3) is 1.84. The fourth-order valence-electron chi connectivity index (χ4n) is 1.79. The number of hydrogen-bond donors (Lipinski definition) is 2. The molecule has 3 rings (SSSR count). The van der Waals surface area contributed by atoms with Crippen molar-refractivity contribution in [3.05, 3.63) is 41.7 Å². The van der Waals surface area contributed by atoms with Gasteiger partial charge in [-0.25, -0.2) is 14.1 Å². The molecule has 18 heavy (non-hydrogen) atoms. The Kier molecular flexibility index (Phi) is 2.52. The molecule has 0 fully saturated rings. The van der Waals surface area contributed by atoms with Gasteiger partial charge >= 0.3 is 0 Å². The molecule has 2 aromatic heterocycles. The van der Waals surface area contributed by atoms with E-state index >= 15 is 0 Å². The highest BCUT2D eigenvalue weighted by Gasteiger charge is 2.08. The maximum Gasteiger partial charge on any atom is 0.151 e. The van der Waals surface area contributed by atoms with Crippen molar-refractivity contribution >= 4 is 11.0 Å². The Balaban J connectivity index is 1.93. The number of halogens is 1. The summed E-state index contributed by atoms with van der Waals surface area (Å²) in [6.07, 6.45) is 1.74. The summed E-state index contributed by atoms with van der Waals surface area (Å²) < 4.78 is 15.1. The third-order valence-corrected chi connectivity index (χ3v) is 2.62. The molecule has 0 saturated carbocycles. The number of imidazole rings is 1. The Labute approximate surface area is 102 Å². The lowest BCUT2D eigenvalue weighted by Gasteiger charge is -1.94. The fourth-order valence-corrected chi connectivity index (χ4v) is 1.79. The largest absolute Gasteiger partial charge is 0.340 e. The van der Waals surface area contributed by atoms with Crippen molar-refractivity contribution in [1.82, 2.24) is 25.0 Å². The molecule has 0 atom stereocenters. The maximum atomic E-state index is 13.5. The number of aromatic nitrogens is 5. The minimum absolute atomic E-state index is 0.337. The molecule has 0 radical (unpaired) electrons. The third-order valence-electron chi connectivity index (χ3n) is 2.62. The summed E-state index contributed by atoms with van der Waals surface area (Å²) in [5.74, 6) is 0.291. The average Bonchev–Trinajstić information content (AvgIpc) is 2.96. The molecule has 0 aliphatic carbocycles. The summed E-state index contributed by atoms with van der Waals surface area (Å²) in [6, 6.07) is 4.80. The van der Waals surface area contributed by atoms with E-state index in [2.05, 4.69) is 20.3 Å². The Bertz CT molecular complexity index is 686. The molecule has 3 aromatic rings. The monoisotopic (exact) mass is 246 g/mol. The van der Waals surface area contributed by atoms with Crippen molar-refractivity contribution in [2.45, 2.75) is 13.1 Å². The SMILES string of the molecule is NCc1cn(Cc2nc3c(F)cccc3[nH]2)nn1. The average molecular weight is 246 g/mol. The first-order valence-corrected chi connectivity index (χ1v) is 5.48. The number of H-pyrrole nitrogens is 1. The molecule has 6 nitrogen and oxygen atoms in total. The van der Waals surface area contributed by atoms with Gasteiger partial charge in [0.1, 0.15) is 17.9 Å². The predicted molar refractivity (Wildman–Crippen MR) is 63.1 cm³/mol. The molecule has 7 heteroatoms. The highest BCUT2D eigenvalue weighted by atomic mass is 19.1. The van der Waals surface area contributed by atoms with Crippen LogP contribution in [0.2, 0.25) is 0 Å². The first-order valence-electron chi connectivity index (χ1n) is 5.48. The zero-order valence-electron chi connectivity index (χ0n) is 9.47. The lowest BCUT2D eigenvalue weighted by atomic mass is 10.3. The molecular weight excluding hydrogens is 235 g/mol. The van der Waals surface area contributed by atoms with Crippen molar-refractivity contribution in [2.24, 2.45) is 5.73 Å². The molecule has 0 saturated heterocycles. The maximum absolute atomic E-state index is 13.5. The van der Waals surface area contributed by atoms with Gasteiger partial charge in [0.15, 0.2) is 5.82 Å². The minimum atomic E-state index is -0.337. The number of hydrogen-bond acceptors (Lipinski definition) is 4. The second kappa shape index (κ2) is 4.19. The number of aromatic amines is 1. The number of nitrogens with one attached hydrogen (secondary N) is 1. The first-order chi connectivity index (χ1) is 8.76. The van der Waals surface area contributed by atoms with Gasteiger partial charge in [-0.05, 0) is 12.1 Å². The molecule has 0 unspecified atom stereocenters. The highest BCUT2D eigenvalue weighted by molar-refractivity contribution is 5.75. The van der Waals surface area contributed by atoms with Crippen molar-refractivity contribution in [1.29, 1.82) is 0 Å². The van der Waals surface area contributed by atoms with E-state index in [0.29, 0.717) is 35.6 Å². The van der Waals surface area contributed by atoms with Crippen LogP contribution in [0, 0.1) is 5.82 Å². The van der Waals surface area contributed by atoms with Crippen molar-refractivity contribution in [3.8, 4) is 0 Å². The lowest BCUT2D eigenvalue weighted by molar-refractivity contribution is 0.625. The Morgan fingerprint density at radius 3 is 3.00 bits per heavy atom. The highest BCUT2D eigenvalue weighted by Crippen LogP contribution is 2.15. The molecular formula is C11H11FN6. The predicted octanol–water partition coefficient (Wildman–Crippen LogP) is 0.800. The normalized spacial score (nSPS) is 11.2. The van der Waals surface area contributed by atoms with E-state index in [1.54, 1.807) is 23.0 Å². The number of para-hydroxylation sites is 1. The summed E-state index contributed by atoms with van der Waals surface area (Å²) in [4.78, 5) is 7.23. The molecule has 0 bridgehead atoms. The van der Waals surface area contributed by atoms with E-state index in [0.717, 1.165) is 0 Å². The van der Waals surface area contributed by atoms with Gasteiger partial charge in [-0.2, -0.15) is 0 Å². The molecule has 0 amide bonds. The molecule has 0 aliphatic rings. The van der Waals surface area contributed by atoms with Crippen LogP contribution in [0.3, 0.4) is 0 Å². The van der Waals surface area contributed by atoms with Gasteiger partial charge in [-0.3, -0.25) is 0 Å². The van der Waals surface area contributed by atoms with Crippen LogP contribution in [-0.2, 0) is 13.1 Å². The van der Waals surface area contributed by atoms with Crippen LogP contribution in [-0.4, -0.2) is 25.0 Å². The zero-order valence-corrected chi connectivity index (χ0v) is 9.47. The van der Waals surface area contributed by atoms with Crippen molar-refractivity contribution in [2.75, 3.05) is 0 Å². The Hall–Kier alpha value is -2.28. The van der Waals surface area contributed by atoms with Crippen LogP contribution in [0.5, 0.6) is 0 Å². The van der Waals surface area contributed by atoms with E-state index in [1.165, 1.54) is 6.07 Å². The van der Waals surface area contributed by atoms with Crippen LogP contribution in [0.15, 0.2) is 24.4 Å². The number of nitrogens with two attached hydrogens (primary N) is 1. The molecule has 2 heterocycles. The summed E-state index contributed by atoms with van der Waals surface area (Å²) in [5.41, 5.74) is 7.16. The van der Waals surface area contributed by atoms with Gasteiger partial charge in [0, 0.05) is 6.54 Å². The quantitative estimate of drug-likeness (QED) is 0.715. The van der Waals surface area contributed by atoms with Crippen LogP contribution in [0.1, 0.15) is 11.5 Å². The van der Waals surface area contributed by atoms with Gasteiger partial charge < -0.3 is 10.7 Å². The summed E-state index contributed by atoms with van der Waals surface area (Å²) in [5, 5.41) is 7.78. The topological polar surface area (TPSA) is 85.4 Å². The number of rotatable bonds is 3. The molecule has 1 aromatic carbocycles. The second-order valence-corrected chi connectivity index (χ2v) is 3.93. The van der Waals surface area contributed by atoms with Gasteiger partial charge in [0.25, 0.3) is 0 Å². The van der Waals surface area contributed by atoms with E-state index in [1.807, 2.05) is 0 Å². The summed E-state index contributed by atoms with van der Waals surface area (Å²) in [6.45, 7) is 0.746. The molecule has 0 spiro atoms. The van der Waals surface area contributed by atoms with E-state index < -0.39 is 0 Å².